The van der Waals surface area contributed by atoms with Crippen LogP contribution in [0.2, 0.25) is 0 Å². The number of hydrogen-bond donors (Lipinski definition) is 0. The summed E-state index contributed by atoms with van der Waals surface area (Å²) in [4.78, 5) is 0. The molecule has 0 aliphatic carbocycles. The lowest BCUT2D eigenvalue weighted by molar-refractivity contribution is 0.671. The third-order valence-corrected chi connectivity index (χ3v) is 2.58. The Balaban J connectivity index is 2.93. The molecule has 1 radical (unpaired) electrons. The van der Waals surface area contributed by atoms with E-state index in [0.717, 1.165) is 6.42 Å². The molecule has 1 aromatic rings. The van der Waals surface area contributed by atoms with Crippen molar-refractivity contribution in [1.29, 1.82) is 0 Å². The molecule has 1 aromatic carbocycles. The van der Waals surface area contributed by atoms with E-state index in [2.05, 4.69) is 26.0 Å². The van der Waals surface area contributed by atoms with E-state index in [1.165, 1.54) is 5.56 Å². The standard InChI is InChI=1S/C10H13S/c1-3-10(2,11)9-7-5-4-6-8-9/h4-8H,3H2,1-2H3. The van der Waals surface area contributed by atoms with Crippen molar-refractivity contribution < 1.29 is 0 Å². The molecule has 1 unspecified atom stereocenters. The smallest absolute Gasteiger partial charge is 0.0481 e. The number of rotatable bonds is 2. The Morgan fingerprint density at radius 3 is 2.27 bits per heavy atom. The molecule has 0 saturated carbocycles. The second-order valence-electron chi connectivity index (χ2n) is 2.95. The molecular weight excluding hydrogens is 152 g/mol. The molecule has 0 aliphatic rings. The Hall–Kier alpha value is -0.430. The number of benzene rings is 1. The highest BCUT2D eigenvalue weighted by molar-refractivity contribution is 7.81. The van der Waals surface area contributed by atoms with Crippen molar-refractivity contribution in [2.45, 2.75) is 25.0 Å². The van der Waals surface area contributed by atoms with Gasteiger partial charge in [-0.05, 0) is 18.9 Å². The van der Waals surface area contributed by atoms with Gasteiger partial charge in [0.2, 0.25) is 0 Å². The van der Waals surface area contributed by atoms with Crippen LogP contribution in [-0.2, 0) is 4.75 Å². The zero-order chi connectivity index (χ0) is 8.32. The molecule has 1 rings (SSSR count). The quantitative estimate of drug-likeness (QED) is 0.629. The average Bonchev–Trinajstić information content (AvgIpc) is 2.06. The Bertz CT molecular complexity index is 214. The minimum atomic E-state index is -0.0821. The highest BCUT2D eigenvalue weighted by Gasteiger charge is 2.18. The van der Waals surface area contributed by atoms with Gasteiger partial charge in [-0.25, -0.2) is 0 Å². The summed E-state index contributed by atoms with van der Waals surface area (Å²) in [7, 11) is 0. The first-order chi connectivity index (χ1) is 5.17. The van der Waals surface area contributed by atoms with Crippen LogP contribution in [0.1, 0.15) is 25.8 Å². The van der Waals surface area contributed by atoms with Crippen molar-refractivity contribution in [3.63, 3.8) is 0 Å². The van der Waals surface area contributed by atoms with Gasteiger partial charge >= 0.3 is 0 Å². The predicted molar refractivity (Wildman–Crippen MR) is 51.7 cm³/mol. The molecule has 0 bridgehead atoms. The average molecular weight is 165 g/mol. The Kier molecular flexibility index (Phi) is 2.61. The maximum absolute atomic E-state index is 5.41. The molecule has 1 atom stereocenters. The van der Waals surface area contributed by atoms with Gasteiger partial charge in [0.05, 0.1) is 0 Å². The van der Waals surface area contributed by atoms with E-state index in [1.54, 1.807) is 0 Å². The number of hydrogen-bond acceptors (Lipinski definition) is 0. The molecular formula is C10H13S. The lowest BCUT2D eigenvalue weighted by Crippen LogP contribution is -2.11. The first-order valence-electron chi connectivity index (χ1n) is 3.93. The van der Waals surface area contributed by atoms with E-state index >= 15 is 0 Å². The van der Waals surface area contributed by atoms with Gasteiger partial charge in [-0.15, -0.1) is 0 Å². The second-order valence-corrected chi connectivity index (χ2v) is 3.85. The summed E-state index contributed by atoms with van der Waals surface area (Å²) in [5.74, 6) is 0. The van der Waals surface area contributed by atoms with Crippen molar-refractivity contribution >= 4 is 12.6 Å². The van der Waals surface area contributed by atoms with Gasteiger partial charge in [0.15, 0.2) is 0 Å². The summed E-state index contributed by atoms with van der Waals surface area (Å²) < 4.78 is -0.0821. The summed E-state index contributed by atoms with van der Waals surface area (Å²) in [6, 6.07) is 10.3. The Labute approximate surface area is 74.0 Å². The van der Waals surface area contributed by atoms with Crippen LogP contribution >= 0.6 is 12.6 Å². The zero-order valence-electron chi connectivity index (χ0n) is 7.00. The Morgan fingerprint density at radius 2 is 1.82 bits per heavy atom. The fraction of sp³-hybridized carbons (Fsp3) is 0.400. The fourth-order valence-electron chi connectivity index (χ4n) is 0.995. The fourth-order valence-corrected chi connectivity index (χ4v) is 1.13. The lowest BCUT2D eigenvalue weighted by Gasteiger charge is -2.20. The van der Waals surface area contributed by atoms with Crippen LogP contribution in [0, 0.1) is 0 Å². The van der Waals surface area contributed by atoms with Crippen LogP contribution in [0.25, 0.3) is 0 Å². The van der Waals surface area contributed by atoms with Gasteiger partial charge < -0.3 is 0 Å². The molecule has 1 heteroatoms. The maximum atomic E-state index is 5.41. The molecule has 0 amide bonds. The van der Waals surface area contributed by atoms with E-state index in [4.69, 9.17) is 12.6 Å². The highest BCUT2D eigenvalue weighted by atomic mass is 32.1. The second kappa shape index (κ2) is 3.31. The molecule has 0 saturated heterocycles. The van der Waals surface area contributed by atoms with Crippen molar-refractivity contribution in [3.05, 3.63) is 35.9 Å². The van der Waals surface area contributed by atoms with E-state index in [1.807, 2.05) is 18.2 Å². The van der Waals surface area contributed by atoms with Crippen molar-refractivity contribution in [2.24, 2.45) is 0 Å². The first kappa shape index (κ1) is 8.66. The predicted octanol–water partition coefficient (Wildman–Crippen LogP) is 3.51. The summed E-state index contributed by atoms with van der Waals surface area (Å²) in [5, 5.41) is 0. The Morgan fingerprint density at radius 1 is 1.27 bits per heavy atom. The summed E-state index contributed by atoms with van der Waals surface area (Å²) >= 11 is 5.41. The monoisotopic (exact) mass is 165 g/mol. The SMILES string of the molecule is CCC(C)([S])c1ccccc1. The third kappa shape index (κ3) is 2.00. The normalized spacial score (nSPS) is 15.9. The minimum Gasteiger partial charge on any atom is -0.0819 e. The third-order valence-electron chi connectivity index (χ3n) is 2.06. The topological polar surface area (TPSA) is 0 Å². The van der Waals surface area contributed by atoms with Crippen LogP contribution in [0.15, 0.2) is 30.3 Å². The van der Waals surface area contributed by atoms with E-state index in [0.29, 0.717) is 0 Å². The molecule has 0 nitrogen and oxygen atoms in total. The molecule has 11 heavy (non-hydrogen) atoms. The molecule has 0 aliphatic heterocycles. The summed E-state index contributed by atoms with van der Waals surface area (Å²) in [6.07, 6.45) is 1.01. The van der Waals surface area contributed by atoms with Crippen LogP contribution < -0.4 is 0 Å². The molecule has 0 fully saturated rings. The van der Waals surface area contributed by atoms with E-state index < -0.39 is 0 Å². The van der Waals surface area contributed by atoms with Gasteiger partial charge in [0.25, 0.3) is 0 Å². The maximum Gasteiger partial charge on any atom is 0.0481 e. The molecule has 0 N–H and O–H groups in total. The van der Waals surface area contributed by atoms with Crippen LogP contribution in [-0.4, -0.2) is 0 Å². The molecule has 0 spiro atoms. The van der Waals surface area contributed by atoms with Crippen LogP contribution in [0.4, 0.5) is 0 Å². The zero-order valence-corrected chi connectivity index (χ0v) is 7.82. The van der Waals surface area contributed by atoms with Gasteiger partial charge in [0, 0.05) is 4.75 Å². The summed E-state index contributed by atoms with van der Waals surface area (Å²) in [5.41, 5.74) is 1.25. The summed E-state index contributed by atoms with van der Waals surface area (Å²) in [6.45, 7) is 4.22. The molecule has 0 heterocycles. The van der Waals surface area contributed by atoms with E-state index in [9.17, 15) is 0 Å². The van der Waals surface area contributed by atoms with Crippen molar-refractivity contribution in [2.75, 3.05) is 0 Å². The van der Waals surface area contributed by atoms with Crippen molar-refractivity contribution in [3.8, 4) is 0 Å². The lowest BCUT2D eigenvalue weighted by atomic mass is 9.98. The van der Waals surface area contributed by atoms with E-state index in [-0.39, 0.29) is 4.75 Å². The van der Waals surface area contributed by atoms with Gasteiger partial charge in [-0.3, -0.25) is 0 Å². The van der Waals surface area contributed by atoms with Gasteiger partial charge in [-0.1, -0.05) is 49.9 Å². The molecule has 0 aromatic heterocycles. The highest BCUT2D eigenvalue weighted by Crippen LogP contribution is 2.30. The first-order valence-corrected chi connectivity index (χ1v) is 4.33. The molecule has 59 valence electrons. The van der Waals surface area contributed by atoms with Gasteiger partial charge in [-0.2, -0.15) is 0 Å². The van der Waals surface area contributed by atoms with Gasteiger partial charge in [0.1, 0.15) is 0 Å². The van der Waals surface area contributed by atoms with Crippen molar-refractivity contribution in [1.82, 2.24) is 0 Å². The van der Waals surface area contributed by atoms with Crippen LogP contribution in [0.5, 0.6) is 0 Å². The minimum absolute atomic E-state index is 0.0821. The van der Waals surface area contributed by atoms with Crippen LogP contribution in [0.3, 0.4) is 0 Å². The largest absolute Gasteiger partial charge is 0.0819 e.